The summed E-state index contributed by atoms with van der Waals surface area (Å²) in [5, 5.41) is 0. The van der Waals surface area contributed by atoms with Crippen molar-refractivity contribution in [1.82, 2.24) is 9.80 Å². The van der Waals surface area contributed by atoms with Gasteiger partial charge in [0.15, 0.2) is 13.2 Å². The highest BCUT2D eigenvalue weighted by molar-refractivity contribution is 5.80. The van der Waals surface area contributed by atoms with Crippen LogP contribution >= 0.6 is 0 Å². The summed E-state index contributed by atoms with van der Waals surface area (Å²) in [4.78, 5) is 28.4. The molecule has 0 aromatic heterocycles. The molecule has 0 bridgehead atoms. The Bertz CT molecular complexity index is 889. The van der Waals surface area contributed by atoms with Crippen molar-refractivity contribution >= 4 is 11.8 Å². The summed E-state index contributed by atoms with van der Waals surface area (Å²) in [7, 11) is 0. The third-order valence-electron chi connectivity index (χ3n) is 5.39. The molecule has 7 nitrogen and oxygen atoms in total. The molecule has 7 heteroatoms. The number of hydrogen-bond donors (Lipinski definition) is 0. The Morgan fingerprint density at radius 3 is 1.84 bits per heavy atom. The van der Waals surface area contributed by atoms with E-state index in [0.29, 0.717) is 38.5 Å². The Morgan fingerprint density at radius 1 is 0.774 bits per heavy atom. The number of rotatable bonds is 8. The maximum atomic E-state index is 12.5. The van der Waals surface area contributed by atoms with Crippen LogP contribution < -0.4 is 14.2 Å². The van der Waals surface area contributed by atoms with Crippen LogP contribution in [0.1, 0.15) is 18.1 Å². The molecule has 0 radical (unpaired) electrons. The minimum absolute atomic E-state index is 0.000901. The zero-order valence-electron chi connectivity index (χ0n) is 18.4. The van der Waals surface area contributed by atoms with Crippen molar-refractivity contribution in [2.45, 2.75) is 20.8 Å². The van der Waals surface area contributed by atoms with Crippen molar-refractivity contribution in [3.8, 4) is 17.2 Å². The summed E-state index contributed by atoms with van der Waals surface area (Å²) in [6.07, 6.45) is 0. The minimum atomic E-state index is -0.0902. The van der Waals surface area contributed by atoms with Crippen LogP contribution in [0.25, 0.3) is 0 Å². The van der Waals surface area contributed by atoms with Crippen molar-refractivity contribution in [1.29, 1.82) is 0 Å². The molecule has 31 heavy (non-hydrogen) atoms. The standard InChI is InChI=1S/C24H30N2O5/c1-4-29-20-8-10-21(11-9-20)30-16-23(27)25-12-14-26(15-13-25)24(28)17-31-22-7-5-6-18(2)19(22)3/h5-11H,4,12-17H2,1-3H3. The summed E-state index contributed by atoms with van der Waals surface area (Å²) in [6.45, 7) is 8.44. The van der Waals surface area contributed by atoms with Gasteiger partial charge >= 0.3 is 0 Å². The van der Waals surface area contributed by atoms with Crippen molar-refractivity contribution in [3.05, 3.63) is 53.6 Å². The number of carbonyl (C=O) groups excluding carboxylic acids is 2. The van der Waals surface area contributed by atoms with E-state index in [1.165, 1.54) is 0 Å². The molecule has 2 aromatic rings. The predicted octanol–water partition coefficient (Wildman–Crippen LogP) is 2.83. The van der Waals surface area contributed by atoms with E-state index in [0.717, 1.165) is 22.6 Å². The highest BCUT2D eigenvalue weighted by Crippen LogP contribution is 2.21. The molecule has 0 aliphatic carbocycles. The highest BCUT2D eigenvalue weighted by atomic mass is 16.5. The Hall–Kier alpha value is -3.22. The third-order valence-corrected chi connectivity index (χ3v) is 5.39. The molecule has 0 saturated carbocycles. The largest absolute Gasteiger partial charge is 0.494 e. The molecular formula is C24H30N2O5. The first-order valence-electron chi connectivity index (χ1n) is 10.6. The first-order valence-corrected chi connectivity index (χ1v) is 10.6. The van der Waals surface area contributed by atoms with E-state index in [1.54, 1.807) is 21.9 Å². The number of nitrogens with zero attached hydrogens (tertiary/aromatic N) is 2. The lowest BCUT2D eigenvalue weighted by atomic mass is 10.1. The molecule has 3 rings (SSSR count). The summed E-state index contributed by atoms with van der Waals surface area (Å²) in [5.74, 6) is 1.96. The topological polar surface area (TPSA) is 68.3 Å². The zero-order chi connectivity index (χ0) is 22.2. The van der Waals surface area contributed by atoms with Gasteiger partial charge in [0, 0.05) is 26.2 Å². The van der Waals surface area contributed by atoms with Gasteiger partial charge in [-0.3, -0.25) is 9.59 Å². The van der Waals surface area contributed by atoms with Crippen LogP contribution in [0.4, 0.5) is 0 Å². The molecule has 0 atom stereocenters. The van der Waals surface area contributed by atoms with Gasteiger partial charge in [-0.15, -0.1) is 0 Å². The molecule has 2 amide bonds. The Kier molecular flexibility index (Phi) is 7.76. The number of benzene rings is 2. The second-order valence-corrected chi connectivity index (χ2v) is 7.44. The van der Waals surface area contributed by atoms with Crippen molar-refractivity contribution < 1.29 is 23.8 Å². The fourth-order valence-corrected chi connectivity index (χ4v) is 3.35. The highest BCUT2D eigenvalue weighted by Gasteiger charge is 2.24. The zero-order valence-corrected chi connectivity index (χ0v) is 18.4. The minimum Gasteiger partial charge on any atom is -0.494 e. The van der Waals surface area contributed by atoms with Gasteiger partial charge in [-0.1, -0.05) is 12.1 Å². The number of amides is 2. The third kappa shape index (κ3) is 6.13. The number of aryl methyl sites for hydroxylation is 1. The van der Waals surface area contributed by atoms with Crippen molar-refractivity contribution in [2.75, 3.05) is 46.0 Å². The quantitative estimate of drug-likeness (QED) is 0.649. The smallest absolute Gasteiger partial charge is 0.260 e. The van der Waals surface area contributed by atoms with E-state index in [9.17, 15) is 9.59 Å². The Balaban J connectivity index is 1.40. The number of ether oxygens (including phenoxy) is 3. The van der Waals surface area contributed by atoms with Gasteiger partial charge in [0.2, 0.25) is 0 Å². The van der Waals surface area contributed by atoms with Gasteiger partial charge in [-0.2, -0.15) is 0 Å². The second kappa shape index (κ2) is 10.7. The van der Waals surface area contributed by atoms with Crippen LogP contribution in [0.15, 0.2) is 42.5 Å². The number of carbonyl (C=O) groups is 2. The predicted molar refractivity (Wildman–Crippen MR) is 118 cm³/mol. The lowest BCUT2D eigenvalue weighted by molar-refractivity contribution is -0.141. The molecule has 1 fully saturated rings. The second-order valence-electron chi connectivity index (χ2n) is 7.44. The lowest BCUT2D eigenvalue weighted by Crippen LogP contribution is -2.52. The van der Waals surface area contributed by atoms with Crippen molar-refractivity contribution in [2.24, 2.45) is 0 Å². The number of piperazine rings is 1. The fraction of sp³-hybridized carbons (Fsp3) is 0.417. The van der Waals surface area contributed by atoms with Gasteiger partial charge in [-0.25, -0.2) is 0 Å². The maximum Gasteiger partial charge on any atom is 0.260 e. The van der Waals surface area contributed by atoms with Crippen LogP contribution in [0.5, 0.6) is 17.2 Å². The average Bonchev–Trinajstić information content (AvgIpc) is 2.79. The molecule has 1 aliphatic rings. The van der Waals surface area contributed by atoms with Gasteiger partial charge < -0.3 is 24.0 Å². The fourth-order valence-electron chi connectivity index (χ4n) is 3.35. The van der Waals surface area contributed by atoms with E-state index in [-0.39, 0.29) is 25.0 Å². The first-order chi connectivity index (χ1) is 15.0. The number of hydrogen-bond acceptors (Lipinski definition) is 5. The summed E-state index contributed by atoms with van der Waals surface area (Å²) in [5.41, 5.74) is 2.17. The molecule has 2 aromatic carbocycles. The average molecular weight is 427 g/mol. The van der Waals surface area contributed by atoms with E-state index in [1.807, 2.05) is 51.1 Å². The van der Waals surface area contributed by atoms with E-state index in [4.69, 9.17) is 14.2 Å². The molecule has 0 spiro atoms. The van der Waals surface area contributed by atoms with Gasteiger partial charge in [0.25, 0.3) is 11.8 Å². The van der Waals surface area contributed by atoms with Crippen LogP contribution in [-0.4, -0.2) is 67.6 Å². The molecule has 1 aliphatic heterocycles. The van der Waals surface area contributed by atoms with Crippen LogP contribution in [-0.2, 0) is 9.59 Å². The van der Waals surface area contributed by atoms with Crippen LogP contribution in [0, 0.1) is 13.8 Å². The van der Waals surface area contributed by atoms with Crippen LogP contribution in [0.3, 0.4) is 0 Å². The van der Waals surface area contributed by atoms with Crippen LogP contribution in [0.2, 0.25) is 0 Å². The lowest BCUT2D eigenvalue weighted by Gasteiger charge is -2.34. The van der Waals surface area contributed by atoms with Gasteiger partial charge in [0.1, 0.15) is 17.2 Å². The Labute approximate surface area is 183 Å². The van der Waals surface area contributed by atoms with E-state index >= 15 is 0 Å². The molecule has 166 valence electrons. The maximum absolute atomic E-state index is 12.5. The van der Waals surface area contributed by atoms with Crippen molar-refractivity contribution in [3.63, 3.8) is 0 Å². The SMILES string of the molecule is CCOc1ccc(OCC(=O)N2CCN(C(=O)COc3cccc(C)c3C)CC2)cc1. The molecule has 0 N–H and O–H groups in total. The van der Waals surface area contributed by atoms with Gasteiger partial charge in [-0.05, 0) is 62.2 Å². The summed E-state index contributed by atoms with van der Waals surface area (Å²) >= 11 is 0. The molecular weight excluding hydrogens is 396 g/mol. The molecule has 0 unspecified atom stereocenters. The molecule has 1 saturated heterocycles. The monoisotopic (exact) mass is 426 g/mol. The van der Waals surface area contributed by atoms with Gasteiger partial charge in [0.05, 0.1) is 6.61 Å². The Morgan fingerprint density at radius 2 is 1.29 bits per heavy atom. The normalized spacial score (nSPS) is 13.6. The molecule has 1 heterocycles. The first kappa shape index (κ1) is 22.5. The summed E-state index contributed by atoms with van der Waals surface area (Å²) in [6, 6.07) is 13.0. The summed E-state index contributed by atoms with van der Waals surface area (Å²) < 4.78 is 16.7. The van der Waals surface area contributed by atoms with E-state index < -0.39 is 0 Å². The van der Waals surface area contributed by atoms with E-state index in [2.05, 4.69) is 0 Å².